The zero-order chi connectivity index (χ0) is 16.3. The molecule has 21 heavy (non-hydrogen) atoms. The predicted molar refractivity (Wildman–Crippen MR) is 90.8 cm³/mol. The Hall–Kier alpha value is -0.513. The van der Waals surface area contributed by atoms with E-state index in [1.165, 1.54) is 6.20 Å². The standard InChI is InChI=1S/C12H22BrN3O3SSi/c1-10-11(13)8-14-12(15-10)16(20(2,17)18)9-19-6-7-21(3,4)5/h8H,6-7,9H2,1-5H3. The van der Waals surface area contributed by atoms with E-state index in [2.05, 4.69) is 45.5 Å². The van der Waals surface area contributed by atoms with Crippen molar-refractivity contribution in [1.82, 2.24) is 9.97 Å². The Morgan fingerprint density at radius 2 is 2.00 bits per heavy atom. The summed E-state index contributed by atoms with van der Waals surface area (Å²) in [5.74, 6) is 0.131. The number of aromatic nitrogens is 2. The van der Waals surface area contributed by atoms with Crippen LogP contribution in [0.2, 0.25) is 25.7 Å². The Balaban J connectivity index is 2.80. The van der Waals surface area contributed by atoms with Gasteiger partial charge in [0, 0.05) is 20.9 Å². The van der Waals surface area contributed by atoms with Crippen molar-refractivity contribution in [3.63, 3.8) is 0 Å². The largest absolute Gasteiger partial charge is 0.360 e. The van der Waals surface area contributed by atoms with Crippen LogP contribution in [0.5, 0.6) is 0 Å². The highest BCUT2D eigenvalue weighted by atomic mass is 79.9. The summed E-state index contributed by atoms with van der Waals surface area (Å²) in [6.45, 7) is 8.98. The van der Waals surface area contributed by atoms with Gasteiger partial charge in [-0.1, -0.05) is 19.6 Å². The van der Waals surface area contributed by atoms with Gasteiger partial charge < -0.3 is 4.74 Å². The Kier molecular flexibility index (Phi) is 6.32. The maximum atomic E-state index is 11.9. The minimum absolute atomic E-state index is 0.0651. The zero-order valence-electron chi connectivity index (χ0n) is 13.1. The van der Waals surface area contributed by atoms with Crippen LogP contribution in [0.3, 0.4) is 0 Å². The molecule has 0 radical (unpaired) electrons. The molecule has 0 saturated heterocycles. The third-order valence-electron chi connectivity index (χ3n) is 2.74. The minimum atomic E-state index is -3.48. The molecule has 0 amide bonds. The van der Waals surface area contributed by atoms with Crippen LogP contribution in [0.4, 0.5) is 5.95 Å². The SMILES string of the molecule is Cc1nc(N(COCC[Si](C)(C)C)S(C)(=O)=O)ncc1Br. The highest BCUT2D eigenvalue weighted by Gasteiger charge is 2.21. The van der Waals surface area contributed by atoms with Gasteiger partial charge >= 0.3 is 0 Å². The van der Waals surface area contributed by atoms with E-state index in [9.17, 15) is 8.42 Å². The molecule has 1 heterocycles. The molecule has 0 atom stereocenters. The first-order chi connectivity index (χ1) is 9.50. The second kappa shape index (κ2) is 7.17. The molecule has 0 aliphatic heterocycles. The molecule has 120 valence electrons. The Bertz CT molecular complexity index is 590. The van der Waals surface area contributed by atoms with Crippen molar-refractivity contribution in [2.24, 2.45) is 0 Å². The van der Waals surface area contributed by atoms with Crippen LogP contribution in [0.1, 0.15) is 5.69 Å². The summed E-state index contributed by atoms with van der Waals surface area (Å²) < 4.78 is 31.1. The van der Waals surface area contributed by atoms with E-state index in [4.69, 9.17) is 4.74 Å². The monoisotopic (exact) mass is 395 g/mol. The molecule has 0 N–H and O–H groups in total. The summed E-state index contributed by atoms with van der Waals surface area (Å²) in [5.41, 5.74) is 0.677. The Morgan fingerprint density at radius 1 is 1.38 bits per heavy atom. The van der Waals surface area contributed by atoms with Crippen LogP contribution >= 0.6 is 15.9 Å². The molecule has 0 aliphatic rings. The third kappa shape index (κ3) is 6.41. The predicted octanol–water partition coefficient (Wildman–Crippen LogP) is 2.63. The molecule has 0 fully saturated rings. The summed E-state index contributed by atoms with van der Waals surface area (Å²) in [5, 5.41) is 0. The Morgan fingerprint density at radius 3 is 2.48 bits per heavy atom. The molecule has 1 aromatic rings. The lowest BCUT2D eigenvalue weighted by atomic mass is 10.5. The third-order valence-corrected chi connectivity index (χ3v) is 6.29. The van der Waals surface area contributed by atoms with Crippen LogP contribution < -0.4 is 4.31 Å². The molecule has 0 spiro atoms. The lowest BCUT2D eigenvalue weighted by Crippen LogP contribution is -2.34. The molecule has 0 bridgehead atoms. The molecule has 0 aromatic carbocycles. The van der Waals surface area contributed by atoms with Gasteiger partial charge in [-0.15, -0.1) is 0 Å². The van der Waals surface area contributed by atoms with Crippen molar-refractivity contribution in [1.29, 1.82) is 0 Å². The van der Waals surface area contributed by atoms with Gasteiger partial charge in [0.2, 0.25) is 16.0 Å². The van der Waals surface area contributed by atoms with Gasteiger partial charge in [-0.2, -0.15) is 0 Å². The number of ether oxygens (including phenoxy) is 1. The second-order valence-electron chi connectivity index (χ2n) is 6.06. The smallest absolute Gasteiger partial charge is 0.241 e. The Labute approximate surface area is 136 Å². The highest BCUT2D eigenvalue weighted by molar-refractivity contribution is 9.10. The van der Waals surface area contributed by atoms with Gasteiger partial charge in [0.25, 0.3) is 0 Å². The van der Waals surface area contributed by atoms with E-state index in [0.29, 0.717) is 12.3 Å². The maximum Gasteiger partial charge on any atom is 0.241 e. The van der Waals surface area contributed by atoms with Gasteiger partial charge in [0.15, 0.2) is 0 Å². The van der Waals surface area contributed by atoms with Crippen molar-refractivity contribution in [2.75, 3.05) is 23.9 Å². The van der Waals surface area contributed by atoms with E-state index in [1.54, 1.807) is 6.92 Å². The van der Waals surface area contributed by atoms with Gasteiger partial charge in [-0.3, -0.25) is 0 Å². The van der Waals surface area contributed by atoms with Crippen molar-refractivity contribution in [3.8, 4) is 0 Å². The van der Waals surface area contributed by atoms with Crippen LogP contribution in [0, 0.1) is 6.92 Å². The van der Waals surface area contributed by atoms with E-state index in [-0.39, 0.29) is 12.7 Å². The van der Waals surface area contributed by atoms with E-state index in [1.807, 2.05) is 0 Å². The molecule has 9 heteroatoms. The van der Waals surface area contributed by atoms with Gasteiger partial charge in [0.1, 0.15) is 6.73 Å². The zero-order valence-corrected chi connectivity index (χ0v) is 16.5. The number of hydrogen-bond donors (Lipinski definition) is 0. The maximum absolute atomic E-state index is 11.9. The van der Waals surface area contributed by atoms with Gasteiger partial charge in [-0.05, 0) is 28.9 Å². The van der Waals surface area contributed by atoms with Gasteiger partial charge in [0.05, 0.1) is 16.4 Å². The number of anilines is 1. The quantitative estimate of drug-likeness (QED) is 0.403. The van der Waals surface area contributed by atoms with Crippen LogP contribution in [0.15, 0.2) is 10.7 Å². The van der Waals surface area contributed by atoms with Crippen LogP contribution in [0.25, 0.3) is 0 Å². The fraction of sp³-hybridized carbons (Fsp3) is 0.667. The lowest BCUT2D eigenvalue weighted by Gasteiger charge is -2.21. The topological polar surface area (TPSA) is 72.4 Å². The average Bonchev–Trinajstić information content (AvgIpc) is 2.30. The number of sulfonamides is 1. The molecular weight excluding hydrogens is 374 g/mol. The molecular formula is C12H22BrN3O3SSi. The fourth-order valence-corrected chi connectivity index (χ4v) is 2.99. The first-order valence-corrected chi connectivity index (χ1v) is 12.9. The summed E-state index contributed by atoms with van der Waals surface area (Å²) >= 11 is 3.29. The molecule has 0 aliphatic carbocycles. The molecule has 0 unspecified atom stereocenters. The molecule has 6 nitrogen and oxygen atoms in total. The van der Waals surface area contributed by atoms with Crippen LogP contribution in [-0.4, -0.2) is 46.1 Å². The lowest BCUT2D eigenvalue weighted by molar-refractivity contribution is 0.155. The number of nitrogens with zero attached hydrogens (tertiary/aromatic N) is 3. The number of halogens is 1. The van der Waals surface area contributed by atoms with Crippen LogP contribution in [-0.2, 0) is 14.8 Å². The molecule has 1 rings (SSSR count). The van der Waals surface area contributed by atoms with Crippen molar-refractivity contribution in [3.05, 3.63) is 16.4 Å². The summed E-state index contributed by atoms with van der Waals surface area (Å²) in [7, 11) is -4.69. The first kappa shape index (κ1) is 18.5. The van der Waals surface area contributed by atoms with Crippen molar-refractivity contribution < 1.29 is 13.2 Å². The number of aryl methyl sites for hydroxylation is 1. The average molecular weight is 396 g/mol. The van der Waals surface area contributed by atoms with E-state index < -0.39 is 18.1 Å². The number of hydrogen-bond acceptors (Lipinski definition) is 5. The minimum Gasteiger partial charge on any atom is -0.360 e. The van der Waals surface area contributed by atoms with E-state index >= 15 is 0 Å². The van der Waals surface area contributed by atoms with Gasteiger partial charge in [-0.25, -0.2) is 22.7 Å². The fourth-order valence-electron chi connectivity index (χ4n) is 1.39. The van der Waals surface area contributed by atoms with E-state index in [0.717, 1.165) is 21.1 Å². The van der Waals surface area contributed by atoms with Crippen molar-refractivity contribution in [2.45, 2.75) is 32.6 Å². The first-order valence-electron chi connectivity index (χ1n) is 6.55. The summed E-state index contributed by atoms with van der Waals surface area (Å²) in [4.78, 5) is 8.24. The normalized spacial score (nSPS) is 12.5. The highest BCUT2D eigenvalue weighted by Crippen LogP contribution is 2.18. The molecule has 1 aromatic heterocycles. The second-order valence-corrected chi connectivity index (χ2v) is 14.4. The van der Waals surface area contributed by atoms with Crippen molar-refractivity contribution >= 4 is 40.0 Å². The summed E-state index contributed by atoms with van der Waals surface area (Å²) in [6, 6.07) is 0.977. The summed E-state index contributed by atoms with van der Waals surface area (Å²) in [6.07, 6.45) is 2.66. The number of rotatable bonds is 7. The molecule has 0 saturated carbocycles.